The van der Waals surface area contributed by atoms with E-state index in [2.05, 4.69) is 67.0 Å². The molecule has 3 aromatic heterocycles. The highest BCUT2D eigenvalue weighted by Crippen LogP contribution is 2.39. The zero-order valence-corrected chi connectivity index (χ0v) is 21.2. The quantitative estimate of drug-likeness (QED) is 0.228. The first-order valence-electron chi connectivity index (χ1n) is 11.3. The van der Waals surface area contributed by atoms with Crippen molar-refractivity contribution in [1.29, 1.82) is 0 Å². The van der Waals surface area contributed by atoms with E-state index < -0.39 is 5.79 Å². The highest BCUT2D eigenvalue weighted by Gasteiger charge is 2.26. The van der Waals surface area contributed by atoms with Crippen LogP contribution in [0.15, 0.2) is 59.5 Å². The molecule has 0 saturated heterocycles. The molecule has 0 radical (unpaired) electrons. The lowest BCUT2D eigenvalue weighted by molar-refractivity contribution is -0.127. The molecule has 2 unspecified atom stereocenters. The van der Waals surface area contributed by atoms with Gasteiger partial charge in [-0.1, -0.05) is 23.7 Å². The lowest BCUT2D eigenvalue weighted by atomic mass is 9.97. The Morgan fingerprint density at radius 1 is 1.12 bits per heavy atom. The molecule has 1 aliphatic rings. The fourth-order valence-corrected chi connectivity index (χ4v) is 5.06. The van der Waals surface area contributed by atoms with Crippen molar-refractivity contribution in [3.8, 4) is 0 Å². The predicted octanol–water partition coefficient (Wildman–Crippen LogP) is 6.68. The Morgan fingerprint density at radius 3 is 2.70 bits per heavy atom. The van der Waals surface area contributed by atoms with Gasteiger partial charge in [0.05, 0.1) is 15.5 Å². The summed E-state index contributed by atoms with van der Waals surface area (Å²) < 4.78 is 3.30. The monoisotopic (exact) mass is 529 g/mol. The van der Waals surface area contributed by atoms with Crippen LogP contribution in [-0.4, -0.2) is 30.5 Å². The number of rotatable bonds is 4. The average Bonchev–Trinajstić information content (AvgIpc) is 3.38. The molecule has 33 heavy (non-hydrogen) atoms. The zero-order valence-electron chi connectivity index (χ0n) is 18.9. The Kier molecular flexibility index (Phi) is 7.39. The summed E-state index contributed by atoms with van der Waals surface area (Å²) in [5.41, 5.74) is 3.63. The Balaban J connectivity index is 0.000000471. The lowest BCUT2D eigenvalue weighted by Crippen LogP contribution is -2.15. The predicted molar refractivity (Wildman–Crippen MR) is 137 cm³/mol. The molecule has 2 atom stereocenters. The number of halogens is 2. The van der Waals surface area contributed by atoms with E-state index in [1.165, 1.54) is 56.0 Å². The average molecular weight is 531 g/mol. The van der Waals surface area contributed by atoms with Crippen molar-refractivity contribution in [2.45, 2.75) is 57.8 Å². The molecule has 0 aliphatic heterocycles. The number of aryl methyl sites for hydroxylation is 1. The maximum Gasteiger partial charge on any atom is 0.156 e. The molecule has 5 nitrogen and oxygen atoms in total. The summed E-state index contributed by atoms with van der Waals surface area (Å²) in [5.74, 6) is -0.721. The largest absolute Gasteiger partial charge is 0.366 e. The molecule has 3 heterocycles. The maximum absolute atomic E-state index is 8.08. The van der Waals surface area contributed by atoms with Gasteiger partial charge in [-0.3, -0.25) is 4.98 Å². The van der Waals surface area contributed by atoms with Crippen molar-refractivity contribution in [1.82, 2.24) is 14.5 Å². The smallest absolute Gasteiger partial charge is 0.156 e. The summed E-state index contributed by atoms with van der Waals surface area (Å²) in [5, 5.41) is 19.0. The summed E-state index contributed by atoms with van der Waals surface area (Å²) in [6, 6.07) is 13.5. The minimum Gasteiger partial charge on any atom is -0.366 e. The van der Waals surface area contributed by atoms with E-state index in [1.54, 1.807) is 0 Å². The van der Waals surface area contributed by atoms with E-state index in [-0.39, 0.29) is 0 Å². The summed E-state index contributed by atoms with van der Waals surface area (Å²) in [7, 11) is 0. The molecule has 5 rings (SSSR count). The number of nitrogens with zero attached hydrogens (tertiary/aromatic N) is 3. The van der Waals surface area contributed by atoms with E-state index in [1.807, 2.05) is 18.5 Å². The molecule has 1 fully saturated rings. The molecular formula is C26H29BrClN3O2. The molecule has 1 aliphatic carbocycles. The second kappa shape index (κ2) is 10.1. The Morgan fingerprint density at radius 2 is 1.91 bits per heavy atom. The number of pyridine rings is 2. The maximum atomic E-state index is 8.08. The molecule has 4 aromatic rings. The third-order valence-electron chi connectivity index (χ3n) is 6.06. The van der Waals surface area contributed by atoms with Gasteiger partial charge in [-0.15, -0.1) is 0 Å². The van der Waals surface area contributed by atoms with E-state index in [0.717, 1.165) is 27.7 Å². The van der Waals surface area contributed by atoms with Crippen LogP contribution in [0.5, 0.6) is 0 Å². The van der Waals surface area contributed by atoms with Gasteiger partial charge >= 0.3 is 0 Å². The number of benzene rings is 1. The molecular weight excluding hydrogens is 502 g/mol. The zero-order chi connectivity index (χ0) is 23.6. The second-order valence-corrected chi connectivity index (χ2v) is 10.5. The number of hydrogen-bond acceptors (Lipinski definition) is 4. The number of aliphatic hydroxyl groups is 2. The van der Waals surface area contributed by atoms with Crippen LogP contribution in [0, 0.1) is 5.92 Å². The first-order valence-corrected chi connectivity index (χ1v) is 12.4. The van der Waals surface area contributed by atoms with Crippen LogP contribution in [0.4, 0.5) is 0 Å². The van der Waals surface area contributed by atoms with Crippen molar-refractivity contribution in [2.24, 2.45) is 5.92 Å². The molecule has 7 heteroatoms. The van der Waals surface area contributed by atoms with E-state index >= 15 is 0 Å². The van der Waals surface area contributed by atoms with Crippen LogP contribution < -0.4 is 0 Å². The lowest BCUT2D eigenvalue weighted by Gasteiger charge is -2.15. The first kappa shape index (κ1) is 24.1. The Bertz CT molecular complexity index is 1250. The summed E-state index contributed by atoms with van der Waals surface area (Å²) in [6.07, 6.45) is 12.2. The van der Waals surface area contributed by atoms with E-state index in [0.29, 0.717) is 11.2 Å². The SMILES string of the molecule is CC(C)(O)O.Clc1nc2cc(CCC3CCC(n4ccc5cnccc54)C3)ccc2cc1Br. The highest BCUT2D eigenvalue weighted by molar-refractivity contribution is 9.10. The molecule has 1 aromatic carbocycles. The molecule has 2 N–H and O–H groups in total. The summed E-state index contributed by atoms with van der Waals surface area (Å²) in [6.45, 7) is 2.60. The van der Waals surface area contributed by atoms with Gasteiger partial charge in [-0.05, 0) is 97.6 Å². The van der Waals surface area contributed by atoms with Crippen LogP contribution >= 0.6 is 27.5 Å². The van der Waals surface area contributed by atoms with Gasteiger partial charge in [-0.25, -0.2) is 4.98 Å². The molecule has 0 bridgehead atoms. The van der Waals surface area contributed by atoms with Gasteiger partial charge in [0, 0.05) is 35.4 Å². The standard InChI is InChI=1S/C23H21BrClN3.C3H8O2/c24-20-13-17-5-3-16(12-21(17)27-23(20)25)2-1-15-4-6-19(11-15)28-10-8-18-14-26-9-7-22(18)28;1-3(2,4)5/h3,5,7-10,12-15,19H,1-2,4,6,11H2;4-5H,1-2H3. The van der Waals surface area contributed by atoms with E-state index in [4.69, 9.17) is 21.8 Å². The van der Waals surface area contributed by atoms with Gasteiger partial charge in [0.2, 0.25) is 0 Å². The highest BCUT2D eigenvalue weighted by atomic mass is 79.9. The van der Waals surface area contributed by atoms with Crippen molar-refractivity contribution in [2.75, 3.05) is 0 Å². The van der Waals surface area contributed by atoms with Crippen LogP contribution in [0.3, 0.4) is 0 Å². The minimum atomic E-state index is -1.50. The van der Waals surface area contributed by atoms with Crippen LogP contribution in [0.2, 0.25) is 5.15 Å². The molecule has 1 saturated carbocycles. The minimum absolute atomic E-state index is 0.525. The summed E-state index contributed by atoms with van der Waals surface area (Å²) >= 11 is 9.61. The van der Waals surface area contributed by atoms with Crippen LogP contribution in [-0.2, 0) is 6.42 Å². The Labute approximate surface area is 207 Å². The van der Waals surface area contributed by atoms with Crippen molar-refractivity contribution in [3.63, 3.8) is 0 Å². The van der Waals surface area contributed by atoms with Gasteiger partial charge in [0.1, 0.15) is 5.15 Å². The number of fused-ring (bicyclic) bond motifs is 2. The Hall–Kier alpha value is -1.99. The van der Waals surface area contributed by atoms with Crippen LogP contribution in [0.25, 0.3) is 21.8 Å². The van der Waals surface area contributed by atoms with Crippen molar-refractivity contribution in [3.05, 3.63) is 70.2 Å². The topological polar surface area (TPSA) is 71.2 Å². The third kappa shape index (κ3) is 6.33. The molecule has 174 valence electrons. The van der Waals surface area contributed by atoms with E-state index in [9.17, 15) is 0 Å². The van der Waals surface area contributed by atoms with Gasteiger partial charge in [0.25, 0.3) is 0 Å². The molecule has 0 amide bonds. The van der Waals surface area contributed by atoms with Crippen LogP contribution in [0.1, 0.15) is 51.1 Å². The fraction of sp³-hybridized carbons (Fsp3) is 0.385. The fourth-order valence-electron chi connectivity index (χ4n) is 4.58. The third-order valence-corrected chi connectivity index (χ3v) is 7.18. The summed E-state index contributed by atoms with van der Waals surface area (Å²) in [4.78, 5) is 8.73. The van der Waals surface area contributed by atoms with Gasteiger partial charge in [-0.2, -0.15) is 0 Å². The first-order chi connectivity index (χ1) is 15.7. The normalized spacial score (nSPS) is 18.5. The van der Waals surface area contributed by atoms with Crippen molar-refractivity contribution >= 4 is 49.3 Å². The second-order valence-electron chi connectivity index (χ2n) is 9.31. The van der Waals surface area contributed by atoms with Gasteiger partial charge in [0.15, 0.2) is 5.79 Å². The molecule has 0 spiro atoms. The number of aromatic nitrogens is 3. The number of hydrogen-bond donors (Lipinski definition) is 2. The van der Waals surface area contributed by atoms with Crippen molar-refractivity contribution < 1.29 is 10.2 Å². The van der Waals surface area contributed by atoms with Gasteiger partial charge < -0.3 is 14.8 Å².